The molecule has 0 aliphatic carbocycles. The van der Waals surface area contributed by atoms with Gasteiger partial charge in [0, 0.05) is 10.4 Å². The molecule has 0 radical (unpaired) electrons. The quantitative estimate of drug-likeness (QED) is 0.410. The van der Waals surface area contributed by atoms with E-state index in [9.17, 15) is 9.59 Å². The van der Waals surface area contributed by atoms with Gasteiger partial charge < -0.3 is 4.42 Å². The van der Waals surface area contributed by atoms with E-state index in [2.05, 4.69) is 0 Å². The lowest BCUT2D eigenvalue weighted by atomic mass is 10.1. The summed E-state index contributed by atoms with van der Waals surface area (Å²) in [5.41, 5.74) is 0.616. The molecule has 3 nitrogen and oxygen atoms in total. The number of hydrogen-bond donors (Lipinski definition) is 0. The van der Waals surface area contributed by atoms with Crippen LogP contribution in [0.5, 0.6) is 0 Å². The molecule has 0 amide bonds. The number of rotatable bonds is 3. The Labute approximate surface area is 131 Å². The van der Waals surface area contributed by atoms with Crippen LogP contribution in [0.3, 0.4) is 0 Å². The van der Waals surface area contributed by atoms with E-state index in [0.717, 1.165) is 5.56 Å². The Kier molecular flexibility index (Phi) is 3.90. The van der Waals surface area contributed by atoms with Crippen molar-refractivity contribution >= 4 is 34.4 Å². The van der Waals surface area contributed by atoms with Gasteiger partial charge in [-0.1, -0.05) is 48.0 Å². The Morgan fingerprint density at radius 1 is 1.05 bits per heavy atom. The molecule has 0 saturated carbocycles. The van der Waals surface area contributed by atoms with Crippen molar-refractivity contribution in [1.29, 1.82) is 0 Å². The van der Waals surface area contributed by atoms with Crippen LogP contribution in [-0.4, -0.2) is 5.78 Å². The summed E-state index contributed by atoms with van der Waals surface area (Å²) in [6.07, 6.45) is 2.95. The van der Waals surface area contributed by atoms with Gasteiger partial charge in [0.2, 0.25) is 0 Å². The lowest BCUT2D eigenvalue weighted by molar-refractivity contribution is 0.104. The zero-order valence-corrected chi connectivity index (χ0v) is 12.2. The highest BCUT2D eigenvalue weighted by Gasteiger charge is 2.10. The number of benzene rings is 2. The van der Waals surface area contributed by atoms with Crippen LogP contribution in [0, 0.1) is 0 Å². The molecule has 0 aliphatic heterocycles. The molecule has 0 aliphatic rings. The second-order valence-electron chi connectivity index (χ2n) is 4.74. The molecule has 22 heavy (non-hydrogen) atoms. The smallest absolute Gasteiger partial charge is 0.347 e. The Morgan fingerprint density at radius 3 is 2.68 bits per heavy atom. The minimum atomic E-state index is -0.639. The van der Waals surface area contributed by atoms with Gasteiger partial charge in [0.25, 0.3) is 0 Å². The maximum Gasteiger partial charge on any atom is 0.347 e. The molecule has 0 spiro atoms. The second-order valence-corrected chi connectivity index (χ2v) is 5.17. The fourth-order valence-electron chi connectivity index (χ4n) is 2.11. The summed E-state index contributed by atoms with van der Waals surface area (Å²) in [7, 11) is 0. The first kappa shape index (κ1) is 14.3. The minimum Gasteiger partial charge on any atom is -0.422 e. The van der Waals surface area contributed by atoms with Crippen molar-refractivity contribution in [3.8, 4) is 0 Å². The van der Waals surface area contributed by atoms with Crippen LogP contribution in [0.2, 0.25) is 5.02 Å². The Hall–Kier alpha value is -2.65. The summed E-state index contributed by atoms with van der Waals surface area (Å²) in [6.45, 7) is 0. The number of halogens is 1. The first-order valence-electron chi connectivity index (χ1n) is 6.64. The number of carbonyl (C=O) groups is 1. The molecule has 2 aromatic carbocycles. The fourth-order valence-corrected chi connectivity index (χ4v) is 2.30. The van der Waals surface area contributed by atoms with Gasteiger partial charge in [-0.25, -0.2) is 4.79 Å². The Bertz CT molecular complexity index is 938. The zero-order valence-electron chi connectivity index (χ0n) is 11.5. The summed E-state index contributed by atoms with van der Waals surface area (Å²) >= 11 is 5.88. The lowest BCUT2D eigenvalue weighted by Gasteiger charge is -1.99. The third-order valence-electron chi connectivity index (χ3n) is 3.18. The molecule has 0 N–H and O–H groups in total. The third kappa shape index (κ3) is 3.00. The predicted molar refractivity (Wildman–Crippen MR) is 87.3 cm³/mol. The van der Waals surface area contributed by atoms with E-state index in [-0.39, 0.29) is 5.56 Å². The Balaban J connectivity index is 1.95. The van der Waals surface area contributed by atoms with Gasteiger partial charge >= 0.3 is 5.63 Å². The number of hydrogen-bond acceptors (Lipinski definition) is 3. The van der Waals surface area contributed by atoms with Gasteiger partial charge in [-0.15, -0.1) is 0 Å². The summed E-state index contributed by atoms with van der Waals surface area (Å²) in [6, 6.07) is 15.7. The molecule has 108 valence electrons. The summed E-state index contributed by atoms with van der Waals surface area (Å²) in [5, 5.41) is 1.29. The number of allylic oxidation sites excluding steroid dienone is 1. The van der Waals surface area contributed by atoms with Crippen LogP contribution >= 0.6 is 11.6 Å². The van der Waals surface area contributed by atoms with E-state index in [1.54, 1.807) is 48.5 Å². The van der Waals surface area contributed by atoms with Crippen molar-refractivity contribution in [3.05, 3.63) is 87.2 Å². The molecule has 1 aromatic heterocycles. The van der Waals surface area contributed by atoms with E-state index < -0.39 is 11.4 Å². The second kappa shape index (κ2) is 6.00. The van der Waals surface area contributed by atoms with Crippen LogP contribution in [-0.2, 0) is 0 Å². The van der Waals surface area contributed by atoms with Gasteiger partial charge in [0.05, 0.1) is 0 Å². The third-order valence-corrected chi connectivity index (χ3v) is 3.42. The minimum absolute atomic E-state index is 0.0111. The monoisotopic (exact) mass is 310 g/mol. The van der Waals surface area contributed by atoms with Crippen LogP contribution in [0.4, 0.5) is 0 Å². The first-order valence-corrected chi connectivity index (χ1v) is 7.02. The topological polar surface area (TPSA) is 47.3 Å². The molecule has 4 heteroatoms. The molecule has 0 unspecified atom stereocenters. The van der Waals surface area contributed by atoms with Crippen LogP contribution in [0.25, 0.3) is 17.0 Å². The maximum absolute atomic E-state index is 12.2. The molecular weight excluding hydrogens is 300 g/mol. The van der Waals surface area contributed by atoms with Crippen LogP contribution in [0.1, 0.15) is 15.9 Å². The molecule has 3 aromatic rings. The molecule has 3 rings (SSSR count). The summed E-state index contributed by atoms with van der Waals surface area (Å²) in [5.74, 6) is -0.403. The first-order chi connectivity index (χ1) is 10.6. The standard InChI is InChI=1S/C18H11ClO3/c19-14-6-3-4-12(10-14)8-9-16(20)15-11-13-5-1-2-7-17(13)22-18(15)21/h1-11H/b9-8+. The molecular formula is C18H11ClO3. The average Bonchev–Trinajstić information content (AvgIpc) is 2.52. The van der Waals surface area contributed by atoms with Crippen molar-refractivity contribution in [2.75, 3.05) is 0 Å². The van der Waals surface area contributed by atoms with Crippen molar-refractivity contribution < 1.29 is 9.21 Å². The van der Waals surface area contributed by atoms with Gasteiger partial charge in [0.1, 0.15) is 11.1 Å². The molecule has 0 saturated heterocycles. The molecule has 1 heterocycles. The SMILES string of the molecule is O=C(/C=C/c1cccc(Cl)c1)c1cc2ccccc2oc1=O. The number of para-hydroxylation sites is 1. The fraction of sp³-hybridized carbons (Fsp3) is 0. The molecule has 0 bridgehead atoms. The van der Waals surface area contributed by atoms with E-state index in [0.29, 0.717) is 16.0 Å². The zero-order chi connectivity index (χ0) is 15.5. The van der Waals surface area contributed by atoms with Crippen LogP contribution < -0.4 is 5.63 Å². The summed E-state index contributed by atoms with van der Waals surface area (Å²) in [4.78, 5) is 24.1. The van der Waals surface area contributed by atoms with Gasteiger partial charge in [-0.3, -0.25) is 4.79 Å². The number of carbonyl (C=O) groups excluding carboxylic acids is 1. The normalized spacial score (nSPS) is 11.1. The largest absolute Gasteiger partial charge is 0.422 e. The van der Waals surface area contributed by atoms with E-state index in [1.165, 1.54) is 6.08 Å². The Morgan fingerprint density at radius 2 is 1.86 bits per heavy atom. The van der Waals surface area contributed by atoms with E-state index in [4.69, 9.17) is 16.0 Å². The highest BCUT2D eigenvalue weighted by atomic mass is 35.5. The lowest BCUT2D eigenvalue weighted by Crippen LogP contribution is -2.11. The van der Waals surface area contributed by atoms with Crippen molar-refractivity contribution in [3.63, 3.8) is 0 Å². The van der Waals surface area contributed by atoms with E-state index in [1.807, 2.05) is 12.1 Å². The molecule has 0 fully saturated rings. The highest BCUT2D eigenvalue weighted by Crippen LogP contribution is 2.14. The maximum atomic E-state index is 12.2. The molecule has 0 atom stereocenters. The average molecular weight is 311 g/mol. The number of fused-ring (bicyclic) bond motifs is 1. The van der Waals surface area contributed by atoms with Crippen molar-refractivity contribution in [2.24, 2.45) is 0 Å². The highest BCUT2D eigenvalue weighted by molar-refractivity contribution is 6.30. The van der Waals surface area contributed by atoms with Crippen molar-refractivity contribution in [2.45, 2.75) is 0 Å². The van der Waals surface area contributed by atoms with Crippen LogP contribution in [0.15, 0.2) is 69.9 Å². The van der Waals surface area contributed by atoms with Gasteiger partial charge in [0.15, 0.2) is 5.78 Å². The van der Waals surface area contributed by atoms with Gasteiger partial charge in [-0.2, -0.15) is 0 Å². The predicted octanol–water partition coefficient (Wildman–Crippen LogP) is 4.34. The summed E-state index contributed by atoms with van der Waals surface area (Å²) < 4.78 is 5.15. The van der Waals surface area contributed by atoms with Crippen molar-refractivity contribution in [1.82, 2.24) is 0 Å². The number of ketones is 1. The van der Waals surface area contributed by atoms with E-state index >= 15 is 0 Å². The van der Waals surface area contributed by atoms with Gasteiger partial charge in [-0.05, 0) is 35.9 Å².